The van der Waals surface area contributed by atoms with E-state index in [1.54, 1.807) is 30.0 Å². The minimum absolute atomic E-state index is 0.0511. The predicted molar refractivity (Wildman–Crippen MR) is 129 cm³/mol. The van der Waals surface area contributed by atoms with E-state index in [0.717, 1.165) is 16.7 Å². The van der Waals surface area contributed by atoms with Gasteiger partial charge in [-0.2, -0.15) is 0 Å². The molecule has 1 amide bonds. The Bertz CT molecular complexity index is 1250. The maximum atomic E-state index is 14.7. The Morgan fingerprint density at radius 2 is 2.12 bits per heavy atom. The largest absolute Gasteiger partial charge is 0.384 e. The summed E-state index contributed by atoms with van der Waals surface area (Å²) in [5.41, 5.74) is 3.04. The first-order valence-corrected chi connectivity index (χ1v) is 11.6. The van der Waals surface area contributed by atoms with Crippen molar-refractivity contribution in [3.8, 4) is 12.3 Å². The Kier molecular flexibility index (Phi) is 6.51. The molecule has 2 atom stereocenters. The van der Waals surface area contributed by atoms with E-state index < -0.39 is 11.4 Å². The number of likely N-dealkylation sites (tertiary alicyclic amines) is 1. The molecule has 4 rings (SSSR count). The molecule has 5 nitrogen and oxygen atoms in total. The monoisotopic (exact) mass is 480 g/mol. The number of amides is 1. The molecule has 0 aromatic heterocycles. The highest BCUT2D eigenvalue weighted by atomic mass is 35.5. The van der Waals surface area contributed by atoms with Crippen molar-refractivity contribution in [3.05, 3.63) is 69.0 Å². The van der Waals surface area contributed by atoms with Crippen LogP contribution in [0.2, 0.25) is 5.02 Å². The van der Waals surface area contributed by atoms with Gasteiger partial charge >= 0.3 is 0 Å². The molecule has 0 spiro atoms. The summed E-state index contributed by atoms with van der Waals surface area (Å²) in [6, 6.07) is 8.75. The highest BCUT2D eigenvalue weighted by molar-refractivity contribution is 6.30. The first-order valence-electron chi connectivity index (χ1n) is 11.2. The Morgan fingerprint density at radius 3 is 2.82 bits per heavy atom. The SMILES string of the molecule is C#CCN1CCC(CC(=O)c2ccc(C3=NOC(C)(c4cc(C)cc(Cl)c4F)C3)cc2C)C1=O. The van der Waals surface area contributed by atoms with Crippen molar-refractivity contribution < 1.29 is 18.8 Å². The van der Waals surface area contributed by atoms with Gasteiger partial charge in [0.1, 0.15) is 5.82 Å². The van der Waals surface area contributed by atoms with Crippen molar-refractivity contribution in [2.45, 2.75) is 45.6 Å². The molecule has 7 heteroatoms. The molecular formula is C27H26ClFN2O3. The number of Topliss-reactive ketones (excluding diaryl/α,β-unsaturated/α-hetero) is 1. The van der Waals surface area contributed by atoms with Gasteiger partial charge in [-0.25, -0.2) is 4.39 Å². The maximum absolute atomic E-state index is 14.7. The molecule has 1 saturated heterocycles. The lowest BCUT2D eigenvalue weighted by molar-refractivity contribution is -0.130. The number of terminal acetylenes is 1. The molecule has 2 aromatic carbocycles. The van der Waals surface area contributed by atoms with Crippen molar-refractivity contribution >= 4 is 29.0 Å². The van der Waals surface area contributed by atoms with Crippen LogP contribution in [0.5, 0.6) is 0 Å². The fourth-order valence-corrected chi connectivity index (χ4v) is 4.97. The number of carbonyl (C=O) groups excluding carboxylic acids is 2. The van der Waals surface area contributed by atoms with E-state index in [2.05, 4.69) is 11.1 Å². The summed E-state index contributed by atoms with van der Waals surface area (Å²) in [6.07, 6.45) is 6.47. The Morgan fingerprint density at radius 1 is 1.35 bits per heavy atom. The normalized spacial score (nSPS) is 21.9. The summed E-state index contributed by atoms with van der Waals surface area (Å²) < 4.78 is 14.7. The summed E-state index contributed by atoms with van der Waals surface area (Å²) in [6.45, 7) is 6.35. The lowest BCUT2D eigenvalue weighted by Crippen LogP contribution is -2.28. The lowest BCUT2D eigenvalue weighted by atomic mass is 9.87. The number of oxime groups is 1. The van der Waals surface area contributed by atoms with E-state index in [4.69, 9.17) is 22.9 Å². The molecule has 34 heavy (non-hydrogen) atoms. The quantitative estimate of drug-likeness (QED) is 0.422. The van der Waals surface area contributed by atoms with Crippen LogP contribution >= 0.6 is 11.6 Å². The first-order chi connectivity index (χ1) is 16.1. The van der Waals surface area contributed by atoms with Crippen LogP contribution in [-0.2, 0) is 15.2 Å². The van der Waals surface area contributed by atoms with E-state index in [1.807, 2.05) is 26.0 Å². The summed E-state index contributed by atoms with van der Waals surface area (Å²) in [5.74, 6) is 1.52. The maximum Gasteiger partial charge on any atom is 0.226 e. The van der Waals surface area contributed by atoms with Gasteiger partial charge in [0.2, 0.25) is 5.91 Å². The fourth-order valence-electron chi connectivity index (χ4n) is 4.70. The average Bonchev–Trinajstić information content (AvgIpc) is 3.35. The van der Waals surface area contributed by atoms with E-state index in [9.17, 15) is 14.0 Å². The Labute approximate surface area is 203 Å². The Hall–Kier alpha value is -3.17. The zero-order valence-electron chi connectivity index (χ0n) is 19.5. The van der Waals surface area contributed by atoms with Gasteiger partial charge in [-0.1, -0.05) is 34.8 Å². The molecule has 2 unspecified atom stereocenters. The number of hydrogen-bond acceptors (Lipinski definition) is 4. The van der Waals surface area contributed by atoms with E-state index in [1.165, 1.54) is 0 Å². The van der Waals surface area contributed by atoms with Crippen LogP contribution in [0.3, 0.4) is 0 Å². The minimum atomic E-state index is -0.982. The van der Waals surface area contributed by atoms with Crippen LogP contribution in [0, 0.1) is 37.9 Å². The van der Waals surface area contributed by atoms with E-state index in [-0.39, 0.29) is 35.6 Å². The first kappa shape index (κ1) is 24.0. The Balaban J connectivity index is 1.48. The van der Waals surface area contributed by atoms with Gasteiger partial charge in [-0.3, -0.25) is 9.59 Å². The molecule has 2 aliphatic rings. The number of aryl methyl sites for hydroxylation is 2. The second kappa shape index (κ2) is 9.23. The highest BCUT2D eigenvalue weighted by Gasteiger charge is 2.40. The van der Waals surface area contributed by atoms with Crippen LogP contribution in [0.1, 0.15) is 58.8 Å². The van der Waals surface area contributed by atoms with Crippen molar-refractivity contribution in [3.63, 3.8) is 0 Å². The van der Waals surface area contributed by atoms with Gasteiger partial charge in [-0.05, 0) is 62.1 Å². The smallest absolute Gasteiger partial charge is 0.226 e. The van der Waals surface area contributed by atoms with Gasteiger partial charge in [0.15, 0.2) is 11.4 Å². The van der Waals surface area contributed by atoms with Crippen molar-refractivity contribution in [1.82, 2.24) is 4.90 Å². The third-order valence-corrected chi connectivity index (χ3v) is 6.86. The van der Waals surface area contributed by atoms with Crippen molar-refractivity contribution in [2.24, 2.45) is 11.1 Å². The van der Waals surface area contributed by atoms with E-state index in [0.29, 0.717) is 36.2 Å². The number of nitrogens with zero attached hydrogens (tertiary/aromatic N) is 2. The van der Waals surface area contributed by atoms with E-state index >= 15 is 0 Å². The fraction of sp³-hybridized carbons (Fsp3) is 0.370. The molecule has 2 heterocycles. The number of carbonyl (C=O) groups is 2. The van der Waals surface area contributed by atoms with Crippen LogP contribution in [0.4, 0.5) is 4.39 Å². The molecule has 2 aliphatic heterocycles. The molecular weight excluding hydrogens is 455 g/mol. The predicted octanol–water partition coefficient (Wildman–Crippen LogP) is 5.19. The molecule has 0 bridgehead atoms. The van der Waals surface area contributed by atoms with Crippen LogP contribution in [-0.4, -0.2) is 35.4 Å². The average molecular weight is 481 g/mol. The van der Waals surface area contributed by atoms with Gasteiger partial charge in [-0.15, -0.1) is 6.42 Å². The number of ketones is 1. The van der Waals surface area contributed by atoms with Crippen molar-refractivity contribution in [1.29, 1.82) is 0 Å². The molecule has 1 fully saturated rings. The highest BCUT2D eigenvalue weighted by Crippen LogP contribution is 2.39. The summed E-state index contributed by atoms with van der Waals surface area (Å²) >= 11 is 6.04. The molecule has 0 N–H and O–H groups in total. The minimum Gasteiger partial charge on any atom is -0.384 e. The molecule has 0 aliphatic carbocycles. The molecule has 0 saturated carbocycles. The summed E-state index contributed by atoms with van der Waals surface area (Å²) in [7, 11) is 0. The van der Waals surface area contributed by atoms with Gasteiger partial charge in [0.05, 0.1) is 17.3 Å². The third-order valence-electron chi connectivity index (χ3n) is 6.59. The lowest BCUT2D eigenvalue weighted by Gasteiger charge is -2.23. The van der Waals surface area contributed by atoms with Gasteiger partial charge in [0, 0.05) is 36.4 Å². The van der Waals surface area contributed by atoms with Crippen molar-refractivity contribution in [2.75, 3.05) is 13.1 Å². The second-order valence-electron chi connectivity index (χ2n) is 9.25. The number of hydrogen-bond donors (Lipinski definition) is 0. The summed E-state index contributed by atoms with van der Waals surface area (Å²) in [5, 5.41) is 4.28. The second-order valence-corrected chi connectivity index (χ2v) is 9.66. The third kappa shape index (κ3) is 4.45. The van der Waals surface area contributed by atoms with Gasteiger partial charge < -0.3 is 9.74 Å². The zero-order valence-corrected chi connectivity index (χ0v) is 20.2. The number of halogens is 2. The number of rotatable bonds is 6. The summed E-state index contributed by atoms with van der Waals surface area (Å²) in [4.78, 5) is 32.7. The van der Waals surface area contributed by atoms with Crippen LogP contribution in [0.15, 0.2) is 35.5 Å². The molecule has 0 radical (unpaired) electrons. The van der Waals surface area contributed by atoms with Gasteiger partial charge in [0.25, 0.3) is 0 Å². The number of benzene rings is 2. The standard InChI is InChI=1S/C27H26ClFN2O3/c1-5-9-31-10-8-19(26(31)33)14-24(32)20-7-6-18(13-17(20)3)23-15-27(4,34-30-23)21-11-16(2)12-22(28)25(21)29/h1,6-7,11-13,19H,8-10,14-15H2,2-4H3. The molecule has 2 aromatic rings. The topological polar surface area (TPSA) is 59.0 Å². The molecule has 176 valence electrons. The zero-order chi connectivity index (χ0) is 24.6. The van der Waals surface area contributed by atoms with Crippen LogP contribution < -0.4 is 0 Å². The van der Waals surface area contributed by atoms with Crippen LogP contribution in [0.25, 0.3) is 0 Å².